The van der Waals surface area contributed by atoms with Gasteiger partial charge in [-0.15, -0.1) is 0 Å². The lowest BCUT2D eigenvalue weighted by molar-refractivity contribution is -0.127. The quantitative estimate of drug-likeness (QED) is 0.509. The fourth-order valence-corrected chi connectivity index (χ4v) is 6.30. The highest BCUT2D eigenvalue weighted by molar-refractivity contribution is 14.1. The van der Waals surface area contributed by atoms with E-state index in [2.05, 4.69) is 38.2 Å². The summed E-state index contributed by atoms with van der Waals surface area (Å²) in [6.45, 7) is 1.96. The Balaban J connectivity index is 1.34. The maximum atomic E-state index is 12.6. The smallest absolute Gasteiger partial charge is 0.226 e. The number of amides is 1. The van der Waals surface area contributed by atoms with Crippen LogP contribution >= 0.6 is 34.8 Å². The molecule has 1 heterocycles. The van der Waals surface area contributed by atoms with Gasteiger partial charge in [0.05, 0.1) is 5.69 Å². The second kappa shape index (κ2) is 6.76. The third kappa shape index (κ3) is 3.84. The van der Waals surface area contributed by atoms with E-state index in [1.165, 1.54) is 38.5 Å². The van der Waals surface area contributed by atoms with Crippen molar-refractivity contribution in [2.45, 2.75) is 51.9 Å². The summed E-state index contributed by atoms with van der Waals surface area (Å²) in [5, 5.41) is 6.26. The summed E-state index contributed by atoms with van der Waals surface area (Å²) in [7, 11) is 0. The first kappa shape index (κ1) is 17.6. The van der Waals surface area contributed by atoms with Crippen molar-refractivity contribution in [1.82, 2.24) is 10.3 Å². The number of thiocarbonyl (C=S) groups is 1. The lowest BCUT2D eigenvalue weighted by Gasteiger charge is -2.56. The number of pyridine rings is 1. The van der Waals surface area contributed by atoms with Gasteiger partial charge in [0.1, 0.15) is 5.82 Å². The number of hydrogen-bond donors (Lipinski definition) is 2. The van der Waals surface area contributed by atoms with Gasteiger partial charge in [-0.1, -0.05) is 0 Å². The molecule has 0 saturated heterocycles. The molecule has 0 spiro atoms. The minimum absolute atomic E-state index is 0.0571. The standard InChI is InChI=1S/C19H24IN3OS/c1-11-15(20)2-3-16(21-11)22-18(25)23-17(24)10-19-7-12-4-13(8-19)6-14(5-12)9-19/h2-3,12-14H,4-10H2,1H3,(H2,21,22,23,24,25). The molecule has 4 aliphatic rings. The fraction of sp³-hybridized carbons (Fsp3) is 0.632. The number of nitrogens with zero attached hydrogens (tertiary/aromatic N) is 1. The summed E-state index contributed by atoms with van der Waals surface area (Å²) in [5.41, 5.74) is 1.19. The van der Waals surface area contributed by atoms with Crippen LogP contribution in [0.5, 0.6) is 0 Å². The number of rotatable bonds is 3. The number of halogens is 1. The van der Waals surface area contributed by atoms with Crippen LogP contribution in [-0.4, -0.2) is 16.0 Å². The average Bonchev–Trinajstić information content (AvgIpc) is 2.48. The number of carbonyl (C=O) groups is 1. The molecule has 4 saturated carbocycles. The first-order chi connectivity index (χ1) is 11.9. The number of carbonyl (C=O) groups excluding carboxylic acids is 1. The molecule has 4 nitrogen and oxygen atoms in total. The van der Waals surface area contributed by atoms with Gasteiger partial charge >= 0.3 is 0 Å². The topological polar surface area (TPSA) is 54.0 Å². The first-order valence-electron chi connectivity index (χ1n) is 9.15. The summed E-state index contributed by atoms with van der Waals surface area (Å²) in [5.74, 6) is 3.33. The van der Waals surface area contributed by atoms with Crippen LogP contribution in [0.3, 0.4) is 0 Å². The number of aromatic nitrogens is 1. The van der Waals surface area contributed by atoms with Gasteiger partial charge in [-0.3, -0.25) is 4.79 Å². The molecule has 4 bridgehead atoms. The maximum Gasteiger partial charge on any atom is 0.226 e. The Morgan fingerprint density at radius 2 is 1.84 bits per heavy atom. The second-order valence-electron chi connectivity index (χ2n) is 8.36. The minimum atomic E-state index is 0.0571. The van der Waals surface area contributed by atoms with Gasteiger partial charge in [-0.2, -0.15) is 0 Å². The zero-order valence-corrected chi connectivity index (χ0v) is 17.5. The van der Waals surface area contributed by atoms with Crippen molar-refractivity contribution in [3.05, 3.63) is 21.4 Å². The van der Waals surface area contributed by atoms with E-state index in [4.69, 9.17) is 12.2 Å². The summed E-state index contributed by atoms with van der Waals surface area (Å²) >= 11 is 7.56. The highest BCUT2D eigenvalue weighted by atomic mass is 127. The van der Waals surface area contributed by atoms with Gasteiger partial charge in [0, 0.05) is 9.99 Å². The summed E-state index contributed by atoms with van der Waals surface area (Å²) in [6.07, 6.45) is 8.55. The number of aryl methyl sites for hydroxylation is 1. The third-order valence-electron chi connectivity index (χ3n) is 6.22. The van der Waals surface area contributed by atoms with E-state index in [-0.39, 0.29) is 11.3 Å². The van der Waals surface area contributed by atoms with Gasteiger partial charge in [0.25, 0.3) is 0 Å². The molecule has 25 heavy (non-hydrogen) atoms. The van der Waals surface area contributed by atoms with Crippen LogP contribution in [0.25, 0.3) is 0 Å². The van der Waals surface area contributed by atoms with Crippen LogP contribution < -0.4 is 10.6 Å². The van der Waals surface area contributed by atoms with Crippen molar-refractivity contribution in [1.29, 1.82) is 0 Å². The van der Waals surface area contributed by atoms with E-state index < -0.39 is 0 Å². The largest absolute Gasteiger partial charge is 0.317 e. The molecule has 0 unspecified atom stereocenters. The molecular formula is C19H24IN3OS. The van der Waals surface area contributed by atoms with E-state index in [1.807, 2.05) is 19.1 Å². The normalized spacial score (nSPS) is 32.5. The summed E-state index contributed by atoms with van der Waals surface area (Å²) < 4.78 is 1.11. The molecule has 4 fully saturated rings. The minimum Gasteiger partial charge on any atom is -0.317 e. The van der Waals surface area contributed by atoms with Crippen LogP contribution in [0.4, 0.5) is 5.82 Å². The molecule has 2 N–H and O–H groups in total. The molecule has 1 aromatic rings. The summed E-state index contributed by atoms with van der Waals surface area (Å²) in [6, 6.07) is 3.87. The lowest BCUT2D eigenvalue weighted by atomic mass is 9.49. The Morgan fingerprint density at radius 3 is 2.40 bits per heavy atom. The van der Waals surface area contributed by atoms with Crippen molar-refractivity contribution in [3.8, 4) is 0 Å². The van der Waals surface area contributed by atoms with Crippen LogP contribution in [0.1, 0.15) is 50.6 Å². The molecule has 1 amide bonds. The third-order valence-corrected chi connectivity index (χ3v) is 7.56. The van der Waals surface area contributed by atoms with Gasteiger partial charge in [0.2, 0.25) is 5.91 Å². The molecule has 0 atom stereocenters. The monoisotopic (exact) mass is 469 g/mol. The van der Waals surface area contributed by atoms with Gasteiger partial charge in [-0.05, 0) is 116 Å². The maximum absolute atomic E-state index is 12.6. The Morgan fingerprint density at radius 1 is 1.24 bits per heavy atom. The van der Waals surface area contributed by atoms with E-state index in [0.717, 1.165) is 27.0 Å². The highest BCUT2D eigenvalue weighted by Gasteiger charge is 2.51. The average molecular weight is 469 g/mol. The van der Waals surface area contributed by atoms with Crippen molar-refractivity contribution in [3.63, 3.8) is 0 Å². The van der Waals surface area contributed by atoms with E-state index >= 15 is 0 Å². The Bertz CT molecular complexity index is 685. The molecule has 6 heteroatoms. The number of nitrogens with one attached hydrogen (secondary N) is 2. The van der Waals surface area contributed by atoms with Crippen molar-refractivity contribution in [2.24, 2.45) is 23.2 Å². The first-order valence-corrected chi connectivity index (χ1v) is 10.6. The molecule has 0 aromatic carbocycles. The van der Waals surface area contributed by atoms with Crippen molar-refractivity contribution >= 4 is 51.6 Å². The molecule has 0 radical (unpaired) electrons. The molecular weight excluding hydrogens is 445 g/mol. The number of hydrogen-bond acceptors (Lipinski definition) is 3. The SMILES string of the molecule is Cc1nc(NC(=S)NC(=O)CC23CC4CC(CC(C4)C2)C3)ccc1I. The Kier molecular flexibility index (Phi) is 4.77. The second-order valence-corrected chi connectivity index (χ2v) is 9.93. The zero-order valence-electron chi connectivity index (χ0n) is 14.5. The predicted octanol–water partition coefficient (Wildman–Crippen LogP) is 4.41. The molecule has 0 aliphatic heterocycles. The zero-order chi connectivity index (χ0) is 17.6. The van der Waals surface area contributed by atoms with E-state index in [1.54, 1.807) is 0 Å². The Labute approximate surface area is 168 Å². The van der Waals surface area contributed by atoms with Gasteiger partial charge in [-0.25, -0.2) is 4.98 Å². The van der Waals surface area contributed by atoms with Crippen LogP contribution in [0, 0.1) is 33.7 Å². The van der Waals surface area contributed by atoms with Crippen molar-refractivity contribution in [2.75, 3.05) is 5.32 Å². The Hall–Kier alpha value is -0.760. The van der Waals surface area contributed by atoms with E-state index in [9.17, 15) is 4.79 Å². The van der Waals surface area contributed by atoms with Gasteiger partial charge < -0.3 is 10.6 Å². The van der Waals surface area contributed by atoms with Gasteiger partial charge in [0.15, 0.2) is 5.11 Å². The predicted molar refractivity (Wildman–Crippen MR) is 111 cm³/mol. The van der Waals surface area contributed by atoms with Crippen LogP contribution in [0.2, 0.25) is 0 Å². The molecule has 1 aromatic heterocycles. The van der Waals surface area contributed by atoms with Crippen molar-refractivity contribution < 1.29 is 4.79 Å². The van der Waals surface area contributed by atoms with Crippen LogP contribution in [-0.2, 0) is 4.79 Å². The number of anilines is 1. The van der Waals surface area contributed by atoms with Crippen LogP contribution in [0.15, 0.2) is 12.1 Å². The molecule has 5 rings (SSSR count). The summed E-state index contributed by atoms with van der Waals surface area (Å²) in [4.78, 5) is 17.0. The van der Waals surface area contributed by atoms with E-state index in [0.29, 0.717) is 17.4 Å². The lowest BCUT2D eigenvalue weighted by Crippen LogP contribution is -2.48. The molecule has 4 aliphatic carbocycles. The molecule has 134 valence electrons. The highest BCUT2D eigenvalue weighted by Crippen LogP contribution is 2.61. The fourth-order valence-electron chi connectivity index (χ4n) is 5.78.